The molecule has 2 bridgehead atoms. The van der Waals surface area contributed by atoms with Crippen molar-refractivity contribution in [1.82, 2.24) is 4.90 Å². The highest BCUT2D eigenvalue weighted by atomic mass is 19.1. The molecule has 0 spiro atoms. The fourth-order valence-corrected chi connectivity index (χ4v) is 4.72. The van der Waals surface area contributed by atoms with Gasteiger partial charge in [0.1, 0.15) is 0 Å². The molecule has 1 aliphatic heterocycles. The van der Waals surface area contributed by atoms with Gasteiger partial charge in [-0.3, -0.25) is 4.79 Å². The first kappa shape index (κ1) is 18.7. The van der Waals surface area contributed by atoms with Crippen LogP contribution in [0, 0.1) is 16.6 Å². The molecule has 1 aromatic rings. The Bertz CT molecular complexity index is 705. The van der Waals surface area contributed by atoms with Crippen molar-refractivity contribution in [2.24, 2.45) is 10.8 Å². The highest BCUT2D eigenvalue weighted by Gasteiger charge is 2.50. The zero-order valence-corrected chi connectivity index (χ0v) is 15.6. The van der Waals surface area contributed by atoms with E-state index in [2.05, 4.69) is 20.8 Å². The molecule has 2 atom stereocenters. The molecule has 6 heteroatoms. The molecule has 1 aliphatic carbocycles. The van der Waals surface area contributed by atoms with Crippen molar-refractivity contribution in [1.29, 1.82) is 0 Å². The van der Waals surface area contributed by atoms with E-state index in [1.54, 1.807) is 6.07 Å². The van der Waals surface area contributed by atoms with E-state index in [4.69, 9.17) is 9.47 Å². The predicted octanol–water partition coefficient (Wildman–Crippen LogP) is 3.17. The van der Waals surface area contributed by atoms with Gasteiger partial charge in [-0.25, -0.2) is 9.18 Å². The molecule has 26 heavy (non-hydrogen) atoms. The molecule has 2 unspecified atom stereocenters. The van der Waals surface area contributed by atoms with E-state index in [-0.39, 0.29) is 35.1 Å². The number of benzene rings is 1. The molecule has 1 saturated heterocycles. The second-order valence-corrected chi connectivity index (χ2v) is 8.62. The number of halogens is 1. The van der Waals surface area contributed by atoms with Crippen molar-refractivity contribution in [3.8, 4) is 5.75 Å². The molecule has 142 valence electrons. The monoisotopic (exact) mass is 363 g/mol. The summed E-state index contributed by atoms with van der Waals surface area (Å²) in [4.78, 5) is 26.2. The number of carbonyl (C=O) groups excluding carboxylic acids is 2. The summed E-state index contributed by atoms with van der Waals surface area (Å²) >= 11 is 0. The molecule has 0 aromatic heterocycles. The van der Waals surface area contributed by atoms with E-state index in [9.17, 15) is 14.0 Å². The summed E-state index contributed by atoms with van der Waals surface area (Å²) < 4.78 is 23.6. The zero-order chi connectivity index (χ0) is 18.9. The van der Waals surface area contributed by atoms with Crippen LogP contribution in [0.3, 0.4) is 0 Å². The molecule has 1 aromatic carbocycles. The molecule has 3 rings (SSSR count). The van der Waals surface area contributed by atoms with Gasteiger partial charge in [0.2, 0.25) is 0 Å². The average Bonchev–Trinajstić information content (AvgIpc) is 2.80. The van der Waals surface area contributed by atoms with Crippen LogP contribution in [0.1, 0.15) is 40.0 Å². The van der Waals surface area contributed by atoms with E-state index >= 15 is 0 Å². The molecular weight excluding hydrogens is 337 g/mol. The third-order valence-corrected chi connectivity index (χ3v) is 5.27. The third-order valence-electron chi connectivity index (χ3n) is 5.27. The van der Waals surface area contributed by atoms with Gasteiger partial charge in [0.15, 0.2) is 24.8 Å². The van der Waals surface area contributed by atoms with Gasteiger partial charge in [0.25, 0.3) is 5.91 Å². The zero-order valence-electron chi connectivity index (χ0n) is 15.6. The number of carbonyl (C=O) groups is 2. The number of hydrogen-bond donors (Lipinski definition) is 0. The quantitative estimate of drug-likeness (QED) is 0.754. The van der Waals surface area contributed by atoms with Gasteiger partial charge in [0.05, 0.1) is 0 Å². The Kier molecular flexibility index (Phi) is 4.95. The number of para-hydroxylation sites is 1. The van der Waals surface area contributed by atoms with Crippen LogP contribution in [0.4, 0.5) is 4.39 Å². The summed E-state index contributed by atoms with van der Waals surface area (Å²) in [6, 6.07) is 6.04. The van der Waals surface area contributed by atoms with Crippen LogP contribution >= 0.6 is 0 Å². The van der Waals surface area contributed by atoms with Crippen molar-refractivity contribution >= 4 is 11.9 Å². The number of nitrogens with zero attached hydrogens (tertiary/aromatic N) is 1. The minimum atomic E-state index is -0.685. The molecular formula is C20H26FNO4. The van der Waals surface area contributed by atoms with Crippen molar-refractivity contribution in [3.05, 3.63) is 30.1 Å². The Morgan fingerprint density at radius 3 is 2.65 bits per heavy atom. The Labute approximate surface area is 153 Å². The van der Waals surface area contributed by atoms with Gasteiger partial charge >= 0.3 is 5.97 Å². The first-order chi connectivity index (χ1) is 12.2. The predicted molar refractivity (Wildman–Crippen MR) is 94.1 cm³/mol. The maximum atomic E-state index is 13.4. The van der Waals surface area contributed by atoms with Gasteiger partial charge in [-0.05, 0) is 42.2 Å². The van der Waals surface area contributed by atoms with E-state index in [1.807, 2.05) is 4.90 Å². The fourth-order valence-electron chi connectivity index (χ4n) is 4.72. The average molecular weight is 363 g/mol. The van der Waals surface area contributed by atoms with E-state index in [0.717, 1.165) is 19.3 Å². The smallest absolute Gasteiger partial charge is 0.344 e. The standard InChI is InChI=1S/C20H26FNO4/c1-19(2)8-14-9-20(3,12-19)13-22(14)17(23)10-26-18(24)11-25-16-7-5-4-6-15(16)21/h4-7,14H,8-13H2,1-3H3. The SMILES string of the molecule is CC1(C)CC2CC(C)(CN2C(=O)COC(=O)COc2ccccc2F)C1. The van der Waals surface area contributed by atoms with E-state index < -0.39 is 18.4 Å². The van der Waals surface area contributed by atoms with E-state index in [0.29, 0.717) is 6.54 Å². The molecule has 0 radical (unpaired) electrons. The van der Waals surface area contributed by atoms with Crippen LogP contribution in [-0.4, -0.2) is 42.6 Å². The second kappa shape index (κ2) is 6.89. The largest absolute Gasteiger partial charge is 0.479 e. The van der Waals surface area contributed by atoms with Crippen molar-refractivity contribution in [2.75, 3.05) is 19.8 Å². The van der Waals surface area contributed by atoms with Gasteiger partial charge in [-0.1, -0.05) is 32.9 Å². The number of esters is 1. The molecule has 1 saturated carbocycles. The molecule has 2 aliphatic rings. The van der Waals surface area contributed by atoms with Crippen molar-refractivity contribution in [2.45, 2.75) is 46.1 Å². The van der Waals surface area contributed by atoms with Crippen molar-refractivity contribution in [3.63, 3.8) is 0 Å². The van der Waals surface area contributed by atoms with Crippen LogP contribution < -0.4 is 4.74 Å². The molecule has 5 nitrogen and oxygen atoms in total. The third kappa shape index (κ3) is 4.17. The topological polar surface area (TPSA) is 55.8 Å². The number of hydrogen-bond acceptors (Lipinski definition) is 4. The Balaban J connectivity index is 1.48. The summed E-state index contributed by atoms with van der Waals surface area (Å²) in [6.45, 7) is 6.69. The second-order valence-electron chi connectivity index (χ2n) is 8.62. The number of likely N-dealkylation sites (tertiary alicyclic amines) is 1. The minimum absolute atomic E-state index is 0.0146. The highest BCUT2D eigenvalue weighted by Crippen LogP contribution is 2.52. The van der Waals surface area contributed by atoms with Gasteiger partial charge in [0, 0.05) is 12.6 Å². The lowest BCUT2D eigenvalue weighted by Crippen LogP contribution is -2.40. The van der Waals surface area contributed by atoms with Crippen LogP contribution in [0.5, 0.6) is 5.75 Å². The fraction of sp³-hybridized carbons (Fsp3) is 0.600. The van der Waals surface area contributed by atoms with Crippen LogP contribution in [0.15, 0.2) is 24.3 Å². The van der Waals surface area contributed by atoms with Crippen LogP contribution in [0.2, 0.25) is 0 Å². The summed E-state index contributed by atoms with van der Waals surface area (Å²) in [6.07, 6.45) is 3.07. The normalized spacial score (nSPS) is 26.5. The van der Waals surface area contributed by atoms with Crippen LogP contribution in [0.25, 0.3) is 0 Å². The van der Waals surface area contributed by atoms with Crippen LogP contribution in [-0.2, 0) is 14.3 Å². The Hall–Kier alpha value is -2.11. The molecule has 1 heterocycles. The summed E-state index contributed by atoms with van der Waals surface area (Å²) in [5.41, 5.74) is 0.358. The number of rotatable bonds is 5. The number of amides is 1. The lowest BCUT2D eigenvalue weighted by Gasteiger charge is -2.39. The highest BCUT2D eigenvalue weighted by molar-refractivity contribution is 5.81. The molecule has 0 N–H and O–H groups in total. The maximum Gasteiger partial charge on any atom is 0.344 e. The Morgan fingerprint density at radius 1 is 1.19 bits per heavy atom. The molecule has 2 fully saturated rings. The Morgan fingerprint density at radius 2 is 1.92 bits per heavy atom. The number of fused-ring (bicyclic) bond motifs is 2. The van der Waals surface area contributed by atoms with Crippen molar-refractivity contribution < 1.29 is 23.5 Å². The van der Waals surface area contributed by atoms with Gasteiger partial charge < -0.3 is 14.4 Å². The summed E-state index contributed by atoms with van der Waals surface area (Å²) in [7, 11) is 0. The summed E-state index contributed by atoms with van der Waals surface area (Å²) in [5, 5.41) is 0. The first-order valence-electron chi connectivity index (χ1n) is 9.00. The summed E-state index contributed by atoms with van der Waals surface area (Å²) in [5.74, 6) is -1.41. The lowest BCUT2D eigenvalue weighted by molar-refractivity contribution is -0.154. The van der Waals surface area contributed by atoms with Gasteiger partial charge in [-0.15, -0.1) is 0 Å². The van der Waals surface area contributed by atoms with Gasteiger partial charge in [-0.2, -0.15) is 0 Å². The molecule has 1 amide bonds. The first-order valence-corrected chi connectivity index (χ1v) is 9.00. The lowest BCUT2D eigenvalue weighted by atomic mass is 9.65. The maximum absolute atomic E-state index is 13.4. The van der Waals surface area contributed by atoms with E-state index in [1.165, 1.54) is 18.2 Å². The minimum Gasteiger partial charge on any atom is -0.479 e. The number of ether oxygens (including phenoxy) is 2.